The van der Waals surface area contributed by atoms with Crippen LogP contribution >= 0.6 is 11.6 Å². The Bertz CT molecular complexity index is 1280. The van der Waals surface area contributed by atoms with Crippen molar-refractivity contribution in [2.45, 2.75) is 19.9 Å². The van der Waals surface area contributed by atoms with E-state index in [2.05, 4.69) is 17.0 Å². The van der Waals surface area contributed by atoms with Crippen molar-refractivity contribution in [1.29, 1.82) is 0 Å². The zero-order valence-electron chi connectivity index (χ0n) is 18.9. The van der Waals surface area contributed by atoms with E-state index in [1.165, 1.54) is 23.8 Å². The lowest BCUT2D eigenvalue weighted by Gasteiger charge is -2.30. The number of Topliss-reactive ketones (excluding diaryl/α,β-unsaturated/α-hetero) is 1. The number of nitrogens with zero attached hydrogens (tertiary/aromatic N) is 1. The predicted molar refractivity (Wildman–Crippen MR) is 128 cm³/mol. The van der Waals surface area contributed by atoms with Gasteiger partial charge in [-0.3, -0.25) is 9.69 Å². The van der Waals surface area contributed by atoms with Gasteiger partial charge >= 0.3 is 0 Å². The first-order chi connectivity index (χ1) is 16.4. The number of rotatable bonds is 5. The summed E-state index contributed by atoms with van der Waals surface area (Å²) in [4.78, 5) is 15.3. The summed E-state index contributed by atoms with van der Waals surface area (Å²) in [6.07, 6.45) is 2.23. The summed E-state index contributed by atoms with van der Waals surface area (Å²) in [6.45, 7) is 3.79. The molecule has 0 N–H and O–H groups in total. The van der Waals surface area contributed by atoms with E-state index in [9.17, 15) is 9.18 Å². The van der Waals surface area contributed by atoms with Crippen LogP contribution in [0, 0.1) is 12.7 Å². The zero-order chi connectivity index (χ0) is 23.8. The van der Waals surface area contributed by atoms with Gasteiger partial charge in [0, 0.05) is 29.8 Å². The maximum Gasteiger partial charge on any atom is 0.231 e. The molecule has 34 heavy (non-hydrogen) atoms. The minimum absolute atomic E-state index is 0.0452. The van der Waals surface area contributed by atoms with Gasteiger partial charge in [0.1, 0.15) is 29.8 Å². The molecule has 0 aliphatic carbocycles. The number of ketones is 1. The quantitative estimate of drug-likeness (QED) is 0.432. The average Bonchev–Trinajstić information content (AvgIpc) is 3.16. The van der Waals surface area contributed by atoms with Crippen molar-refractivity contribution in [2.24, 2.45) is 0 Å². The average molecular weight is 480 g/mol. The highest BCUT2D eigenvalue weighted by Gasteiger charge is 2.34. The topological polar surface area (TPSA) is 48.0 Å². The van der Waals surface area contributed by atoms with E-state index in [-0.39, 0.29) is 22.1 Å². The summed E-state index contributed by atoms with van der Waals surface area (Å²) in [7, 11) is 1.65. The van der Waals surface area contributed by atoms with Gasteiger partial charge in [-0.15, -0.1) is 0 Å². The third kappa shape index (κ3) is 4.15. The highest BCUT2D eigenvalue weighted by atomic mass is 35.5. The lowest BCUT2D eigenvalue weighted by Crippen LogP contribution is -2.34. The molecule has 0 saturated carbocycles. The van der Waals surface area contributed by atoms with Crippen molar-refractivity contribution in [3.8, 4) is 17.2 Å². The number of ether oxygens (including phenoxy) is 3. The smallest absolute Gasteiger partial charge is 0.231 e. The molecule has 7 heteroatoms. The van der Waals surface area contributed by atoms with Crippen molar-refractivity contribution in [3.63, 3.8) is 0 Å². The number of hydrogen-bond acceptors (Lipinski definition) is 5. The molecule has 3 aromatic rings. The number of halogens is 2. The Morgan fingerprint density at radius 3 is 2.71 bits per heavy atom. The van der Waals surface area contributed by atoms with Crippen LogP contribution in [0.25, 0.3) is 6.08 Å². The standard InChI is InChI=1S/C27H23ClFNO4/c1-16-26-18(14-30(15-33-26)11-10-17-6-8-19(32-2)9-7-17)12-21-25(31)24(34-27(16)21)13-20-22(28)4-3-5-23(20)29/h3-9,12-13H,10-11,14-15H2,1-2H3/b24-13-. The maximum atomic E-state index is 14.2. The Morgan fingerprint density at radius 1 is 1.18 bits per heavy atom. The minimum Gasteiger partial charge on any atom is -0.497 e. The molecule has 2 aliphatic rings. The number of carbonyl (C=O) groups is 1. The summed E-state index contributed by atoms with van der Waals surface area (Å²) in [5.41, 5.74) is 3.49. The highest BCUT2D eigenvalue weighted by Crippen LogP contribution is 2.43. The van der Waals surface area contributed by atoms with Crippen LogP contribution in [0.3, 0.4) is 0 Å². The molecule has 3 aromatic carbocycles. The van der Waals surface area contributed by atoms with Crippen LogP contribution in [-0.4, -0.2) is 31.1 Å². The van der Waals surface area contributed by atoms with Gasteiger partial charge in [-0.2, -0.15) is 0 Å². The molecular formula is C27H23ClFNO4. The van der Waals surface area contributed by atoms with Gasteiger partial charge < -0.3 is 14.2 Å². The fraction of sp³-hybridized carbons (Fsp3) is 0.222. The summed E-state index contributed by atoms with van der Waals surface area (Å²) in [6, 6.07) is 14.2. The fourth-order valence-corrected chi connectivity index (χ4v) is 4.52. The molecule has 0 aromatic heterocycles. The predicted octanol–water partition coefficient (Wildman–Crippen LogP) is 5.81. The number of methoxy groups -OCH3 is 1. The van der Waals surface area contributed by atoms with Crippen molar-refractivity contribution in [3.05, 3.63) is 92.9 Å². The molecule has 0 amide bonds. The molecule has 174 valence electrons. The first-order valence-corrected chi connectivity index (χ1v) is 11.3. The Hall–Kier alpha value is -3.35. The van der Waals surface area contributed by atoms with Gasteiger partial charge in [0.15, 0.2) is 5.76 Å². The second kappa shape index (κ2) is 9.12. The second-order valence-corrected chi connectivity index (χ2v) is 8.77. The molecule has 2 aliphatic heterocycles. The maximum absolute atomic E-state index is 14.2. The van der Waals surface area contributed by atoms with Crippen LogP contribution in [0.15, 0.2) is 54.3 Å². The molecule has 0 fully saturated rings. The Labute approximate surface area is 202 Å². The second-order valence-electron chi connectivity index (χ2n) is 8.37. The number of allylic oxidation sites excluding steroid dienone is 1. The third-order valence-corrected chi connectivity index (χ3v) is 6.48. The lowest BCUT2D eigenvalue weighted by atomic mass is 9.99. The first-order valence-electron chi connectivity index (χ1n) is 11.0. The summed E-state index contributed by atoms with van der Waals surface area (Å²) < 4.78 is 31.4. The molecule has 2 heterocycles. The van der Waals surface area contributed by atoms with Gasteiger partial charge in [0.2, 0.25) is 5.78 Å². The van der Waals surface area contributed by atoms with Crippen molar-refractivity contribution >= 4 is 23.5 Å². The van der Waals surface area contributed by atoms with E-state index >= 15 is 0 Å². The van der Waals surface area contributed by atoms with Crippen LogP contribution in [-0.2, 0) is 13.0 Å². The van der Waals surface area contributed by atoms with Gasteiger partial charge in [-0.25, -0.2) is 4.39 Å². The molecule has 0 spiro atoms. The first kappa shape index (κ1) is 22.4. The number of fused-ring (bicyclic) bond motifs is 2. The van der Waals surface area contributed by atoms with Crippen LogP contribution in [0.1, 0.15) is 32.6 Å². The number of hydrogen-bond donors (Lipinski definition) is 0. The van der Waals surface area contributed by atoms with E-state index in [1.54, 1.807) is 13.2 Å². The highest BCUT2D eigenvalue weighted by molar-refractivity contribution is 6.32. The fourth-order valence-electron chi connectivity index (χ4n) is 4.30. The van der Waals surface area contributed by atoms with E-state index in [4.69, 9.17) is 25.8 Å². The van der Waals surface area contributed by atoms with Crippen molar-refractivity contribution in [2.75, 3.05) is 20.4 Å². The van der Waals surface area contributed by atoms with Crippen LogP contribution in [0.2, 0.25) is 5.02 Å². The Morgan fingerprint density at radius 2 is 1.97 bits per heavy atom. The molecule has 5 nitrogen and oxygen atoms in total. The monoisotopic (exact) mass is 479 g/mol. The van der Waals surface area contributed by atoms with E-state index < -0.39 is 5.82 Å². The SMILES string of the molecule is COc1ccc(CCN2COc3c(cc4c(c3C)O/C(=C\c3c(F)cccc3Cl)C4=O)C2)cc1. The van der Waals surface area contributed by atoms with E-state index in [0.29, 0.717) is 24.6 Å². The largest absolute Gasteiger partial charge is 0.497 e. The van der Waals surface area contributed by atoms with Crippen molar-refractivity contribution < 1.29 is 23.4 Å². The molecule has 0 bridgehead atoms. The summed E-state index contributed by atoms with van der Waals surface area (Å²) in [5, 5.41) is 0.215. The van der Waals surface area contributed by atoms with Gasteiger partial charge in [0.25, 0.3) is 0 Å². The summed E-state index contributed by atoms with van der Waals surface area (Å²) in [5.74, 6) is 1.26. The Kier molecular flexibility index (Phi) is 6.02. The number of benzene rings is 3. The van der Waals surface area contributed by atoms with Gasteiger partial charge in [0.05, 0.1) is 17.7 Å². The molecule has 0 radical (unpaired) electrons. The minimum atomic E-state index is -0.515. The summed E-state index contributed by atoms with van der Waals surface area (Å²) >= 11 is 6.12. The molecule has 0 unspecified atom stereocenters. The van der Waals surface area contributed by atoms with E-state index in [1.807, 2.05) is 25.1 Å². The zero-order valence-corrected chi connectivity index (χ0v) is 19.6. The molecule has 0 saturated heterocycles. The third-order valence-electron chi connectivity index (χ3n) is 6.15. The molecule has 0 atom stereocenters. The van der Waals surface area contributed by atoms with Gasteiger partial charge in [-0.05, 0) is 55.3 Å². The van der Waals surface area contributed by atoms with Crippen molar-refractivity contribution in [1.82, 2.24) is 4.90 Å². The Balaban J connectivity index is 1.35. The molecular weight excluding hydrogens is 457 g/mol. The van der Waals surface area contributed by atoms with Gasteiger partial charge in [-0.1, -0.05) is 29.8 Å². The lowest BCUT2D eigenvalue weighted by molar-refractivity contribution is 0.0954. The number of carbonyl (C=O) groups excluding carboxylic acids is 1. The van der Waals surface area contributed by atoms with E-state index in [0.717, 1.165) is 35.6 Å². The van der Waals surface area contributed by atoms with Crippen LogP contribution in [0.4, 0.5) is 4.39 Å². The molecule has 5 rings (SSSR count). The van der Waals surface area contributed by atoms with Crippen LogP contribution in [0.5, 0.6) is 17.2 Å². The van der Waals surface area contributed by atoms with Crippen LogP contribution < -0.4 is 14.2 Å². The normalized spacial score (nSPS) is 16.1.